The van der Waals surface area contributed by atoms with Gasteiger partial charge in [-0.2, -0.15) is 0 Å². The quantitative estimate of drug-likeness (QED) is 0.456. The van der Waals surface area contributed by atoms with Crippen LogP contribution in [0.3, 0.4) is 0 Å². The number of amides is 3. The lowest BCUT2D eigenvalue weighted by atomic mass is 10.1. The van der Waals surface area contributed by atoms with E-state index in [0.29, 0.717) is 35.2 Å². The molecule has 0 saturated carbocycles. The number of rotatable bonds is 7. The molecule has 0 atom stereocenters. The molecule has 3 aromatic rings. The van der Waals surface area contributed by atoms with E-state index in [0.717, 1.165) is 20.7 Å². The lowest BCUT2D eigenvalue weighted by Crippen LogP contribution is -2.37. The number of nitrogens with zero attached hydrogens (tertiary/aromatic N) is 4. The second-order valence-corrected chi connectivity index (χ2v) is 9.17. The van der Waals surface area contributed by atoms with Gasteiger partial charge in [0.05, 0.1) is 17.5 Å². The standard InChI is InChI=1S/C24H26N4O4S.ClH/c1-15-8-9-18(32-4)21-22(15)33-24(25-21)27(13-12-26(2)3)23(31)16-6-5-7-17(14-16)28-19(29)10-11-20(28)30;/h5-9,14H,10-13H2,1-4H3;1H. The Hall–Kier alpha value is -3.01. The second kappa shape index (κ2) is 10.5. The van der Waals surface area contributed by atoms with Gasteiger partial charge in [0.1, 0.15) is 11.3 Å². The number of carbonyl (C=O) groups is 3. The molecule has 10 heteroatoms. The molecule has 1 aromatic heterocycles. The molecule has 1 fully saturated rings. The molecule has 4 rings (SSSR count). The Labute approximate surface area is 208 Å². The van der Waals surface area contributed by atoms with Crippen molar-refractivity contribution in [2.75, 3.05) is 44.1 Å². The van der Waals surface area contributed by atoms with E-state index in [1.54, 1.807) is 36.3 Å². The summed E-state index contributed by atoms with van der Waals surface area (Å²) in [5.41, 5.74) is 2.59. The van der Waals surface area contributed by atoms with Crippen LogP contribution in [-0.4, -0.2) is 61.9 Å². The highest BCUT2D eigenvalue weighted by Gasteiger charge is 2.31. The van der Waals surface area contributed by atoms with Crippen LogP contribution in [0.25, 0.3) is 10.2 Å². The monoisotopic (exact) mass is 502 g/mol. The number of methoxy groups -OCH3 is 1. The van der Waals surface area contributed by atoms with E-state index >= 15 is 0 Å². The zero-order valence-electron chi connectivity index (χ0n) is 19.5. The molecule has 1 aliphatic heterocycles. The summed E-state index contributed by atoms with van der Waals surface area (Å²) in [5.74, 6) is -0.0785. The highest BCUT2D eigenvalue weighted by atomic mass is 35.5. The Bertz CT molecular complexity index is 1230. The van der Waals surface area contributed by atoms with Gasteiger partial charge in [-0.25, -0.2) is 4.98 Å². The molecular formula is C24H27ClN4O4S. The molecule has 180 valence electrons. The maximum absolute atomic E-state index is 13.7. The van der Waals surface area contributed by atoms with Gasteiger partial charge in [-0.05, 0) is 50.8 Å². The number of aromatic nitrogens is 1. The van der Waals surface area contributed by atoms with Crippen molar-refractivity contribution in [3.8, 4) is 5.75 Å². The molecule has 0 aliphatic carbocycles. The third-order valence-electron chi connectivity index (χ3n) is 5.56. The van der Waals surface area contributed by atoms with Crippen molar-refractivity contribution in [1.82, 2.24) is 9.88 Å². The minimum absolute atomic E-state index is 0. The van der Waals surface area contributed by atoms with Crippen molar-refractivity contribution in [3.05, 3.63) is 47.5 Å². The van der Waals surface area contributed by atoms with Crippen LogP contribution in [0.2, 0.25) is 0 Å². The minimum Gasteiger partial charge on any atom is -0.494 e. The van der Waals surface area contributed by atoms with Crippen LogP contribution >= 0.6 is 23.7 Å². The molecule has 0 bridgehead atoms. The Morgan fingerprint density at radius 1 is 1.12 bits per heavy atom. The number of aryl methyl sites for hydroxylation is 1. The smallest absolute Gasteiger partial charge is 0.260 e. The average Bonchev–Trinajstić information content (AvgIpc) is 3.38. The fourth-order valence-corrected chi connectivity index (χ4v) is 4.84. The first-order valence-corrected chi connectivity index (χ1v) is 11.5. The van der Waals surface area contributed by atoms with Crippen LogP contribution in [0.15, 0.2) is 36.4 Å². The maximum Gasteiger partial charge on any atom is 0.260 e. The highest BCUT2D eigenvalue weighted by Crippen LogP contribution is 2.37. The van der Waals surface area contributed by atoms with E-state index in [-0.39, 0.29) is 43.0 Å². The molecule has 0 unspecified atom stereocenters. The van der Waals surface area contributed by atoms with Gasteiger partial charge in [-0.3, -0.25) is 24.2 Å². The number of carbonyl (C=O) groups excluding carboxylic acids is 3. The largest absolute Gasteiger partial charge is 0.494 e. The van der Waals surface area contributed by atoms with Crippen molar-refractivity contribution >= 4 is 62.5 Å². The Balaban J connectivity index is 0.00000324. The Morgan fingerprint density at radius 3 is 2.47 bits per heavy atom. The number of likely N-dealkylation sites (N-methyl/N-ethyl adjacent to an activating group) is 1. The lowest BCUT2D eigenvalue weighted by Gasteiger charge is -2.23. The number of anilines is 2. The summed E-state index contributed by atoms with van der Waals surface area (Å²) >= 11 is 1.44. The van der Waals surface area contributed by atoms with Crippen molar-refractivity contribution in [1.29, 1.82) is 0 Å². The summed E-state index contributed by atoms with van der Waals surface area (Å²) in [6, 6.07) is 10.5. The first-order chi connectivity index (χ1) is 15.8. The lowest BCUT2D eigenvalue weighted by molar-refractivity contribution is -0.121. The van der Waals surface area contributed by atoms with Crippen LogP contribution < -0.4 is 14.5 Å². The van der Waals surface area contributed by atoms with Crippen LogP contribution in [-0.2, 0) is 9.59 Å². The molecule has 34 heavy (non-hydrogen) atoms. The number of thiazole rings is 1. The summed E-state index contributed by atoms with van der Waals surface area (Å²) in [4.78, 5) is 47.6. The first kappa shape index (κ1) is 25.6. The van der Waals surface area contributed by atoms with Gasteiger partial charge in [0.25, 0.3) is 5.91 Å². The van der Waals surface area contributed by atoms with Gasteiger partial charge in [-0.15, -0.1) is 12.4 Å². The Morgan fingerprint density at radius 2 is 1.82 bits per heavy atom. The van der Waals surface area contributed by atoms with Crippen LogP contribution in [0.5, 0.6) is 5.75 Å². The normalized spacial score (nSPS) is 13.5. The molecule has 0 radical (unpaired) electrons. The van der Waals surface area contributed by atoms with Gasteiger partial charge in [0.15, 0.2) is 5.13 Å². The zero-order valence-corrected chi connectivity index (χ0v) is 21.2. The molecule has 2 aromatic carbocycles. The van der Waals surface area contributed by atoms with Gasteiger partial charge in [0, 0.05) is 31.5 Å². The third kappa shape index (κ3) is 4.91. The number of fused-ring (bicyclic) bond motifs is 1. The zero-order chi connectivity index (χ0) is 23.7. The minimum atomic E-state index is -0.247. The molecule has 1 aliphatic rings. The molecular weight excluding hydrogens is 476 g/mol. The molecule has 2 heterocycles. The van der Waals surface area contributed by atoms with E-state index in [1.165, 1.54) is 11.3 Å². The van der Waals surface area contributed by atoms with Crippen molar-refractivity contribution < 1.29 is 19.1 Å². The van der Waals surface area contributed by atoms with Gasteiger partial charge in [0.2, 0.25) is 11.8 Å². The summed E-state index contributed by atoms with van der Waals surface area (Å²) in [7, 11) is 5.49. The van der Waals surface area contributed by atoms with Crippen LogP contribution in [0.1, 0.15) is 28.8 Å². The highest BCUT2D eigenvalue weighted by molar-refractivity contribution is 7.22. The number of hydrogen-bond acceptors (Lipinski definition) is 7. The van der Waals surface area contributed by atoms with Crippen molar-refractivity contribution in [2.24, 2.45) is 0 Å². The van der Waals surface area contributed by atoms with Gasteiger partial charge >= 0.3 is 0 Å². The fraction of sp³-hybridized carbons (Fsp3) is 0.333. The van der Waals surface area contributed by atoms with E-state index in [4.69, 9.17) is 9.72 Å². The van der Waals surface area contributed by atoms with E-state index < -0.39 is 0 Å². The second-order valence-electron chi connectivity index (χ2n) is 8.19. The number of hydrogen-bond donors (Lipinski definition) is 0. The van der Waals surface area contributed by atoms with E-state index in [1.807, 2.05) is 38.1 Å². The average molecular weight is 503 g/mol. The molecule has 8 nitrogen and oxygen atoms in total. The van der Waals surface area contributed by atoms with Crippen LogP contribution in [0.4, 0.5) is 10.8 Å². The number of ether oxygens (including phenoxy) is 1. The third-order valence-corrected chi connectivity index (χ3v) is 6.78. The summed E-state index contributed by atoms with van der Waals surface area (Å²) < 4.78 is 6.44. The van der Waals surface area contributed by atoms with E-state index in [2.05, 4.69) is 0 Å². The molecule has 1 saturated heterocycles. The topological polar surface area (TPSA) is 83.0 Å². The summed E-state index contributed by atoms with van der Waals surface area (Å²) in [6.45, 7) is 3.07. The maximum atomic E-state index is 13.7. The summed E-state index contributed by atoms with van der Waals surface area (Å²) in [5, 5.41) is 0.572. The number of benzene rings is 2. The van der Waals surface area contributed by atoms with E-state index in [9.17, 15) is 14.4 Å². The SMILES string of the molecule is COc1ccc(C)c2sc(N(CCN(C)C)C(=O)c3cccc(N4C(=O)CCC4=O)c3)nc12.Cl. The Kier molecular flexibility index (Phi) is 7.91. The van der Waals surface area contributed by atoms with Crippen LogP contribution in [0, 0.1) is 6.92 Å². The molecule has 0 spiro atoms. The van der Waals surface area contributed by atoms with Crippen molar-refractivity contribution in [2.45, 2.75) is 19.8 Å². The molecule has 0 N–H and O–H groups in total. The first-order valence-electron chi connectivity index (χ1n) is 10.7. The number of halogens is 1. The predicted octanol–water partition coefficient (Wildman–Crippen LogP) is 3.90. The predicted molar refractivity (Wildman–Crippen MR) is 137 cm³/mol. The van der Waals surface area contributed by atoms with Crippen molar-refractivity contribution in [3.63, 3.8) is 0 Å². The van der Waals surface area contributed by atoms with Gasteiger partial charge < -0.3 is 9.64 Å². The number of imide groups is 1. The summed E-state index contributed by atoms with van der Waals surface area (Å²) in [6.07, 6.45) is 0.387. The van der Waals surface area contributed by atoms with Gasteiger partial charge in [-0.1, -0.05) is 23.5 Å². The fourth-order valence-electron chi connectivity index (χ4n) is 3.76. The molecule has 3 amide bonds.